The zero-order valence-corrected chi connectivity index (χ0v) is 16.8. The smallest absolute Gasteiger partial charge is 0.268 e. The average Bonchev–Trinajstić information content (AvgIpc) is 3.05. The van der Waals surface area contributed by atoms with Crippen molar-refractivity contribution in [3.63, 3.8) is 0 Å². The van der Waals surface area contributed by atoms with E-state index >= 15 is 0 Å². The molecule has 0 spiro atoms. The van der Waals surface area contributed by atoms with Gasteiger partial charge in [-0.15, -0.1) is 0 Å². The van der Waals surface area contributed by atoms with Crippen molar-refractivity contribution in [1.82, 2.24) is 3.97 Å². The largest absolute Gasteiger partial charge is 0.390 e. The predicted octanol–water partition coefficient (Wildman–Crippen LogP) is 4.70. The average molecular weight is 398 g/mol. The first-order chi connectivity index (χ1) is 13.1. The maximum atomic E-state index is 13.1. The van der Waals surface area contributed by atoms with Crippen LogP contribution in [0.25, 0.3) is 21.3 Å². The molecule has 0 amide bonds. The van der Waals surface area contributed by atoms with Crippen molar-refractivity contribution in [2.24, 2.45) is 5.11 Å². The third-order valence-electron chi connectivity index (χ3n) is 4.55. The Labute approximate surface area is 163 Å². The zero-order chi connectivity index (χ0) is 20.5. The highest BCUT2D eigenvalue weighted by Gasteiger charge is 2.25. The Morgan fingerprint density at radius 2 is 1.86 bits per heavy atom. The molecule has 2 aromatic carbocycles. The standard InChI is InChI=1S/C20H22N4O3S/c1-14-7-9-15(10-8-14)28(26,27)24-12-11-17-16(5-4-6-19(17)24)18(22-23-21)13-20(2,3)25/h4-12,18,25H,13H2,1-3H3/t18-/m1/s1. The Balaban J connectivity index is 2.15. The molecule has 0 fully saturated rings. The molecule has 8 heteroatoms. The van der Waals surface area contributed by atoms with Crippen LogP contribution in [0.3, 0.4) is 0 Å². The first-order valence-electron chi connectivity index (χ1n) is 8.82. The van der Waals surface area contributed by atoms with Gasteiger partial charge in [0.05, 0.1) is 22.1 Å². The van der Waals surface area contributed by atoms with Crippen molar-refractivity contribution in [1.29, 1.82) is 0 Å². The van der Waals surface area contributed by atoms with Crippen molar-refractivity contribution in [3.05, 3.63) is 76.3 Å². The second-order valence-corrected chi connectivity index (χ2v) is 9.26. The molecule has 0 aliphatic rings. The lowest BCUT2D eigenvalue weighted by Gasteiger charge is -2.22. The quantitative estimate of drug-likeness (QED) is 0.369. The number of rotatable bonds is 6. The van der Waals surface area contributed by atoms with Crippen LogP contribution < -0.4 is 0 Å². The highest BCUT2D eigenvalue weighted by Crippen LogP contribution is 2.34. The molecule has 3 aromatic rings. The Bertz CT molecular complexity index is 1150. The lowest BCUT2D eigenvalue weighted by Crippen LogP contribution is -2.21. The number of nitrogens with zero attached hydrogens (tertiary/aromatic N) is 4. The van der Waals surface area contributed by atoms with E-state index in [1.807, 2.05) is 6.92 Å². The van der Waals surface area contributed by atoms with Crippen molar-refractivity contribution in [2.75, 3.05) is 0 Å². The Hall–Kier alpha value is -2.80. The van der Waals surface area contributed by atoms with Crippen molar-refractivity contribution < 1.29 is 13.5 Å². The number of aryl methyl sites for hydroxylation is 1. The molecule has 0 saturated carbocycles. The van der Waals surface area contributed by atoms with Gasteiger partial charge in [-0.25, -0.2) is 12.4 Å². The van der Waals surface area contributed by atoms with E-state index in [0.29, 0.717) is 16.5 Å². The number of fused-ring (bicyclic) bond motifs is 1. The Kier molecular flexibility index (Phi) is 5.21. The molecule has 28 heavy (non-hydrogen) atoms. The fraction of sp³-hybridized carbons (Fsp3) is 0.300. The Morgan fingerprint density at radius 1 is 1.18 bits per heavy atom. The van der Waals surface area contributed by atoms with Crippen molar-refractivity contribution in [3.8, 4) is 0 Å². The molecule has 1 heterocycles. The minimum absolute atomic E-state index is 0.198. The third kappa shape index (κ3) is 3.89. The topological polar surface area (TPSA) is 108 Å². The van der Waals surface area contributed by atoms with E-state index in [9.17, 15) is 13.5 Å². The molecule has 0 bridgehead atoms. The molecule has 0 aliphatic heterocycles. The van der Waals surface area contributed by atoms with Gasteiger partial charge < -0.3 is 5.11 Å². The van der Waals surface area contributed by atoms with Crippen LogP contribution in [0.15, 0.2) is 64.7 Å². The fourth-order valence-electron chi connectivity index (χ4n) is 3.24. The van der Waals surface area contributed by atoms with E-state index in [2.05, 4.69) is 10.0 Å². The van der Waals surface area contributed by atoms with Gasteiger partial charge in [-0.05, 0) is 62.6 Å². The Morgan fingerprint density at radius 3 is 2.46 bits per heavy atom. The van der Waals surface area contributed by atoms with E-state index in [0.717, 1.165) is 5.56 Å². The molecular weight excluding hydrogens is 376 g/mol. The minimum atomic E-state index is -3.77. The normalized spacial score (nSPS) is 13.3. The second-order valence-electron chi connectivity index (χ2n) is 7.45. The summed E-state index contributed by atoms with van der Waals surface area (Å²) in [6.07, 6.45) is 1.71. The molecule has 1 atom stereocenters. The molecule has 0 saturated heterocycles. The first kappa shape index (κ1) is 19.9. The lowest BCUT2D eigenvalue weighted by atomic mass is 9.93. The van der Waals surface area contributed by atoms with Gasteiger partial charge in [-0.2, -0.15) is 0 Å². The molecule has 0 aliphatic carbocycles. The molecule has 3 rings (SSSR count). The number of hydrogen-bond acceptors (Lipinski definition) is 4. The summed E-state index contributed by atoms with van der Waals surface area (Å²) in [4.78, 5) is 3.10. The van der Waals surface area contributed by atoms with Crippen LogP contribution in [0, 0.1) is 6.92 Å². The summed E-state index contributed by atoms with van der Waals surface area (Å²) in [6, 6.07) is 13.0. The van der Waals surface area contributed by atoms with Gasteiger partial charge in [-0.3, -0.25) is 0 Å². The number of aliphatic hydroxyl groups is 1. The highest BCUT2D eigenvalue weighted by molar-refractivity contribution is 7.90. The van der Waals surface area contributed by atoms with Crippen LogP contribution in [0.1, 0.15) is 37.4 Å². The third-order valence-corrected chi connectivity index (χ3v) is 6.26. The van der Waals surface area contributed by atoms with E-state index < -0.39 is 21.7 Å². The molecular formula is C20H22N4O3S. The number of azide groups is 1. The van der Waals surface area contributed by atoms with Gasteiger partial charge >= 0.3 is 0 Å². The van der Waals surface area contributed by atoms with Crippen LogP contribution in [0.4, 0.5) is 0 Å². The molecule has 146 valence electrons. The highest BCUT2D eigenvalue weighted by atomic mass is 32.2. The van der Waals surface area contributed by atoms with Gasteiger partial charge in [-0.1, -0.05) is 34.9 Å². The summed E-state index contributed by atoms with van der Waals surface area (Å²) in [6.45, 7) is 5.17. The summed E-state index contributed by atoms with van der Waals surface area (Å²) in [5.74, 6) is 0. The van der Waals surface area contributed by atoms with Gasteiger partial charge in [0.25, 0.3) is 10.0 Å². The second kappa shape index (κ2) is 7.31. The predicted molar refractivity (Wildman–Crippen MR) is 109 cm³/mol. The van der Waals surface area contributed by atoms with Crippen LogP contribution in [-0.2, 0) is 10.0 Å². The van der Waals surface area contributed by atoms with Crippen molar-refractivity contribution >= 4 is 20.9 Å². The summed E-state index contributed by atoms with van der Waals surface area (Å²) in [7, 11) is -3.77. The molecule has 1 aromatic heterocycles. The zero-order valence-electron chi connectivity index (χ0n) is 15.9. The maximum Gasteiger partial charge on any atom is 0.268 e. The monoisotopic (exact) mass is 398 g/mol. The van der Waals surface area contributed by atoms with Crippen LogP contribution in [0.5, 0.6) is 0 Å². The first-order valence-corrected chi connectivity index (χ1v) is 10.3. The van der Waals surface area contributed by atoms with E-state index in [1.165, 1.54) is 10.2 Å². The number of hydrogen-bond donors (Lipinski definition) is 1. The summed E-state index contributed by atoms with van der Waals surface area (Å²) >= 11 is 0. The summed E-state index contributed by atoms with van der Waals surface area (Å²) in [5, 5.41) is 14.7. The van der Waals surface area contributed by atoms with Gasteiger partial charge in [0.15, 0.2) is 0 Å². The molecule has 1 N–H and O–H groups in total. The van der Waals surface area contributed by atoms with Gasteiger partial charge in [0.2, 0.25) is 0 Å². The number of benzene rings is 2. The van der Waals surface area contributed by atoms with Gasteiger partial charge in [0, 0.05) is 16.5 Å². The fourth-order valence-corrected chi connectivity index (χ4v) is 4.59. The van der Waals surface area contributed by atoms with Crippen LogP contribution in [0.2, 0.25) is 0 Å². The number of aromatic nitrogens is 1. The van der Waals surface area contributed by atoms with E-state index in [1.54, 1.807) is 62.4 Å². The van der Waals surface area contributed by atoms with E-state index in [-0.39, 0.29) is 11.3 Å². The SMILES string of the molecule is Cc1ccc(S(=O)(=O)n2ccc3c([C@@H](CC(C)(C)O)N=[N+]=[N-])cccc32)cc1. The lowest BCUT2D eigenvalue weighted by molar-refractivity contribution is 0.0637. The molecule has 0 unspecified atom stereocenters. The summed E-state index contributed by atoms with van der Waals surface area (Å²) < 4.78 is 27.4. The minimum Gasteiger partial charge on any atom is -0.390 e. The van der Waals surface area contributed by atoms with Crippen molar-refractivity contribution in [2.45, 2.75) is 43.7 Å². The molecule has 0 radical (unpaired) electrons. The van der Waals surface area contributed by atoms with Gasteiger partial charge in [0.1, 0.15) is 0 Å². The van der Waals surface area contributed by atoms with Crippen LogP contribution in [-0.4, -0.2) is 23.1 Å². The maximum absolute atomic E-state index is 13.1. The molecule has 7 nitrogen and oxygen atoms in total. The van der Waals surface area contributed by atoms with E-state index in [4.69, 9.17) is 5.53 Å². The van der Waals surface area contributed by atoms with Crippen LogP contribution >= 0.6 is 0 Å². The summed E-state index contributed by atoms with van der Waals surface area (Å²) in [5.41, 5.74) is 10.0.